The Morgan fingerprint density at radius 3 is 2.56 bits per heavy atom. The molecule has 0 saturated carbocycles. The molecule has 1 fully saturated rings. The Hall–Kier alpha value is -2.61. The van der Waals surface area contributed by atoms with Crippen LogP contribution in [0.1, 0.15) is 6.92 Å². The summed E-state index contributed by atoms with van der Waals surface area (Å²) in [4.78, 5) is 17.7. The van der Waals surface area contributed by atoms with Gasteiger partial charge in [-0.2, -0.15) is 0 Å². The number of aliphatic hydroxyl groups is 1. The number of carbonyl (C=O) groups excluding carboxylic acids is 1. The highest BCUT2D eigenvalue weighted by Crippen LogP contribution is 2.38. The van der Waals surface area contributed by atoms with Crippen molar-refractivity contribution in [2.75, 3.05) is 57.7 Å². The number of anilines is 2. The summed E-state index contributed by atoms with van der Waals surface area (Å²) in [6, 6.07) is 6.25. The highest BCUT2D eigenvalue weighted by Gasteiger charge is 2.38. The molecular weight excluding hydrogens is 344 g/mol. The zero-order valence-electron chi connectivity index (χ0n) is 16.7. The molecule has 1 aromatic carbocycles. The van der Waals surface area contributed by atoms with Crippen molar-refractivity contribution in [3.05, 3.63) is 24.4 Å². The standard InChI is InChI=1S/C19H28N6O2/c1-19(13-26)11-24(12-19)14-6-7-15(17(8-14)22(2)3)16-9-25(21-20-16)10-18(27)23(4)5/h6-9,26H,10-13H2,1-5H3. The minimum absolute atomic E-state index is 0.0153. The quantitative estimate of drug-likeness (QED) is 0.812. The molecule has 27 heavy (non-hydrogen) atoms. The monoisotopic (exact) mass is 372 g/mol. The molecular formula is C19H28N6O2. The summed E-state index contributed by atoms with van der Waals surface area (Å²) in [7, 11) is 7.44. The van der Waals surface area contributed by atoms with Gasteiger partial charge < -0.3 is 19.8 Å². The second kappa shape index (κ2) is 7.19. The lowest BCUT2D eigenvalue weighted by molar-refractivity contribution is -0.129. The molecule has 0 spiro atoms. The molecule has 0 unspecified atom stereocenters. The molecule has 3 rings (SSSR count). The van der Waals surface area contributed by atoms with E-state index in [2.05, 4.69) is 34.3 Å². The molecule has 1 aliphatic rings. The highest BCUT2D eigenvalue weighted by atomic mass is 16.3. The number of nitrogens with zero attached hydrogens (tertiary/aromatic N) is 6. The molecule has 1 amide bonds. The van der Waals surface area contributed by atoms with E-state index < -0.39 is 0 Å². The van der Waals surface area contributed by atoms with Gasteiger partial charge in [-0.25, -0.2) is 4.68 Å². The number of aliphatic hydroxyl groups excluding tert-OH is 1. The van der Waals surface area contributed by atoms with Crippen LogP contribution in [0.15, 0.2) is 24.4 Å². The fourth-order valence-electron chi connectivity index (χ4n) is 3.24. The van der Waals surface area contributed by atoms with Crippen LogP contribution in [0.4, 0.5) is 11.4 Å². The van der Waals surface area contributed by atoms with Gasteiger partial charge >= 0.3 is 0 Å². The minimum atomic E-state index is -0.0284. The number of benzene rings is 1. The first-order valence-electron chi connectivity index (χ1n) is 9.00. The first-order chi connectivity index (χ1) is 12.7. The first-order valence-corrected chi connectivity index (χ1v) is 9.00. The average Bonchev–Trinajstić information content (AvgIpc) is 3.06. The van der Waals surface area contributed by atoms with Crippen LogP contribution in [-0.4, -0.2) is 78.8 Å². The summed E-state index contributed by atoms with van der Waals surface area (Å²) in [6.07, 6.45) is 1.80. The number of likely N-dealkylation sites (N-methyl/N-ethyl adjacent to an activating group) is 1. The third kappa shape index (κ3) is 3.90. The molecule has 1 aromatic heterocycles. The molecule has 0 aliphatic carbocycles. The van der Waals surface area contributed by atoms with Crippen LogP contribution >= 0.6 is 0 Å². The summed E-state index contributed by atoms with van der Waals surface area (Å²) in [5.41, 5.74) is 3.86. The molecule has 146 valence electrons. The average molecular weight is 372 g/mol. The maximum absolute atomic E-state index is 11.9. The number of rotatable bonds is 6. The van der Waals surface area contributed by atoms with Crippen molar-refractivity contribution in [3.63, 3.8) is 0 Å². The van der Waals surface area contributed by atoms with Gasteiger partial charge in [0, 0.05) is 63.6 Å². The van der Waals surface area contributed by atoms with Crippen LogP contribution in [0.2, 0.25) is 0 Å². The lowest BCUT2D eigenvalue weighted by Crippen LogP contribution is -2.56. The minimum Gasteiger partial charge on any atom is -0.396 e. The fourth-order valence-corrected chi connectivity index (χ4v) is 3.24. The van der Waals surface area contributed by atoms with Crippen LogP contribution in [-0.2, 0) is 11.3 Å². The molecule has 1 aliphatic heterocycles. The first kappa shape index (κ1) is 19.2. The Bertz CT molecular complexity index is 823. The van der Waals surface area contributed by atoms with Gasteiger partial charge in [0.2, 0.25) is 5.91 Å². The van der Waals surface area contributed by atoms with Crippen molar-refractivity contribution in [1.82, 2.24) is 19.9 Å². The molecule has 8 heteroatoms. The molecule has 2 aromatic rings. The normalized spacial score (nSPS) is 15.4. The fraction of sp³-hybridized carbons (Fsp3) is 0.526. The molecule has 0 radical (unpaired) electrons. The Morgan fingerprint density at radius 1 is 1.26 bits per heavy atom. The van der Waals surface area contributed by atoms with E-state index in [0.717, 1.165) is 35.7 Å². The summed E-state index contributed by atoms with van der Waals surface area (Å²) in [6.45, 7) is 4.16. The summed E-state index contributed by atoms with van der Waals surface area (Å²) < 4.78 is 1.56. The van der Waals surface area contributed by atoms with E-state index >= 15 is 0 Å². The van der Waals surface area contributed by atoms with Gasteiger partial charge in [-0.05, 0) is 18.2 Å². The summed E-state index contributed by atoms with van der Waals surface area (Å²) >= 11 is 0. The van der Waals surface area contributed by atoms with E-state index in [1.54, 1.807) is 25.0 Å². The number of carbonyl (C=O) groups is 1. The van der Waals surface area contributed by atoms with Gasteiger partial charge in [-0.3, -0.25) is 4.79 Å². The SMILES string of the molecule is CN(C)C(=O)Cn1cc(-c2ccc(N3CC(C)(CO)C3)cc2N(C)C)nn1. The number of hydrogen-bond acceptors (Lipinski definition) is 6. The van der Waals surface area contributed by atoms with E-state index in [0.29, 0.717) is 0 Å². The van der Waals surface area contributed by atoms with Gasteiger partial charge in [-0.15, -0.1) is 5.10 Å². The number of aromatic nitrogens is 3. The van der Waals surface area contributed by atoms with E-state index in [1.165, 1.54) is 4.90 Å². The van der Waals surface area contributed by atoms with Gasteiger partial charge in [0.1, 0.15) is 12.2 Å². The second-order valence-corrected chi connectivity index (χ2v) is 8.01. The molecule has 2 heterocycles. The van der Waals surface area contributed by atoms with Crippen molar-refractivity contribution in [2.24, 2.45) is 5.41 Å². The Balaban J connectivity index is 1.84. The summed E-state index contributed by atoms with van der Waals surface area (Å²) in [5.74, 6) is -0.0284. The smallest absolute Gasteiger partial charge is 0.243 e. The molecule has 1 N–H and O–H groups in total. The zero-order valence-corrected chi connectivity index (χ0v) is 16.7. The third-order valence-corrected chi connectivity index (χ3v) is 4.97. The third-order valence-electron chi connectivity index (χ3n) is 4.97. The molecule has 0 atom stereocenters. The predicted octanol–water partition coefficient (Wildman–Crippen LogP) is 0.918. The van der Waals surface area contributed by atoms with Crippen molar-refractivity contribution in [3.8, 4) is 11.3 Å². The van der Waals surface area contributed by atoms with Crippen molar-refractivity contribution in [2.45, 2.75) is 13.5 Å². The molecule has 1 saturated heterocycles. The largest absolute Gasteiger partial charge is 0.396 e. The topological polar surface area (TPSA) is 77.7 Å². The predicted molar refractivity (Wildman–Crippen MR) is 106 cm³/mol. The van der Waals surface area contributed by atoms with Gasteiger partial charge in [-0.1, -0.05) is 12.1 Å². The summed E-state index contributed by atoms with van der Waals surface area (Å²) in [5, 5.41) is 17.8. The van der Waals surface area contributed by atoms with E-state index in [-0.39, 0.29) is 24.5 Å². The lowest BCUT2D eigenvalue weighted by Gasteiger charge is -2.48. The number of amides is 1. The van der Waals surface area contributed by atoms with Crippen LogP contribution in [0.25, 0.3) is 11.3 Å². The maximum Gasteiger partial charge on any atom is 0.243 e. The molecule has 8 nitrogen and oxygen atoms in total. The Labute approximate surface area is 160 Å². The maximum atomic E-state index is 11.9. The van der Waals surface area contributed by atoms with Crippen LogP contribution in [0, 0.1) is 5.41 Å². The Morgan fingerprint density at radius 2 is 1.96 bits per heavy atom. The zero-order chi connectivity index (χ0) is 19.8. The van der Waals surface area contributed by atoms with Crippen LogP contribution in [0.3, 0.4) is 0 Å². The van der Waals surface area contributed by atoms with Gasteiger partial charge in [0.25, 0.3) is 0 Å². The van der Waals surface area contributed by atoms with Crippen molar-refractivity contribution in [1.29, 1.82) is 0 Å². The van der Waals surface area contributed by atoms with Crippen LogP contribution < -0.4 is 9.80 Å². The molecule has 0 bridgehead atoms. The lowest BCUT2D eigenvalue weighted by atomic mass is 9.82. The Kier molecular flexibility index (Phi) is 5.10. The second-order valence-electron chi connectivity index (χ2n) is 8.01. The van der Waals surface area contributed by atoms with E-state index in [1.807, 2.05) is 25.1 Å². The van der Waals surface area contributed by atoms with E-state index in [9.17, 15) is 9.90 Å². The van der Waals surface area contributed by atoms with Crippen molar-refractivity contribution >= 4 is 17.3 Å². The highest BCUT2D eigenvalue weighted by molar-refractivity contribution is 5.80. The van der Waals surface area contributed by atoms with Gasteiger partial charge in [0.05, 0.1) is 12.8 Å². The number of hydrogen-bond donors (Lipinski definition) is 1. The van der Waals surface area contributed by atoms with Crippen molar-refractivity contribution < 1.29 is 9.90 Å². The van der Waals surface area contributed by atoms with Gasteiger partial charge in [0.15, 0.2) is 0 Å². The van der Waals surface area contributed by atoms with E-state index in [4.69, 9.17) is 0 Å². The van der Waals surface area contributed by atoms with Crippen LogP contribution in [0.5, 0.6) is 0 Å².